The van der Waals surface area contributed by atoms with Crippen molar-refractivity contribution >= 4 is 33.2 Å². The number of hydrogen-bond donors (Lipinski definition) is 1. The van der Waals surface area contributed by atoms with Gasteiger partial charge in [0.15, 0.2) is 0 Å². The van der Waals surface area contributed by atoms with Gasteiger partial charge in [-0.25, -0.2) is 0 Å². The minimum Gasteiger partial charge on any atom is -0.481 e. The lowest BCUT2D eigenvalue weighted by Crippen LogP contribution is -2.16. The fourth-order valence-electron chi connectivity index (χ4n) is 1.37. The zero-order valence-corrected chi connectivity index (χ0v) is 10.8. The van der Waals surface area contributed by atoms with Gasteiger partial charge in [0.1, 0.15) is 0 Å². The van der Waals surface area contributed by atoms with Crippen molar-refractivity contribution in [3.63, 3.8) is 0 Å². The second-order valence-corrected chi connectivity index (χ2v) is 5.76. The van der Waals surface area contributed by atoms with Crippen molar-refractivity contribution in [1.82, 2.24) is 0 Å². The Morgan fingerprint density at radius 1 is 1.57 bits per heavy atom. The predicted molar refractivity (Wildman–Crippen MR) is 62.0 cm³/mol. The average molecular weight is 277 g/mol. The molecule has 0 radical (unpaired) electrons. The van der Waals surface area contributed by atoms with Crippen molar-refractivity contribution in [2.75, 3.05) is 0 Å². The molecule has 0 saturated heterocycles. The molecule has 0 bridgehead atoms. The Kier molecular flexibility index (Phi) is 3.72. The molecule has 1 unspecified atom stereocenters. The van der Waals surface area contributed by atoms with Crippen molar-refractivity contribution in [2.24, 2.45) is 5.92 Å². The summed E-state index contributed by atoms with van der Waals surface area (Å²) < 4.78 is 1.00. The Bertz CT molecular complexity index is 324. The highest BCUT2D eigenvalue weighted by atomic mass is 79.9. The Hall–Kier alpha value is -0.350. The molecular weight excluding hydrogens is 264 g/mol. The summed E-state index contributed by atoms with van der Waals surface area (Å²) in [5.41, 5.74) is 0. The first kappa shape index (κ1) is 11.7. The molecule has 78 valence electrons. The molecule has 1 rings (SSSR count). The van der Waals surface area contributed by atoms with Crippen LogP contribution >= 0.6 is 27.3 Å². The second-order valence-electron chi connectivity index (χ2n) is 3.61. The van der Waals surface area contributed by atoms with Crippen molar-refractivity contribution in [1.29, 1.82) is 0 Å². The lowest BCUT2D eigenvalue weighted by Gasteiger charge is -2.13. The van der Waals surface area contributed by atoms with Gasteiger partial charge in [-0.3, -0.25) is 4.79 Å². The number of carbonyl (C=O) groups is 1. The van der Waals surface area contributed by atoms with E-state index in [2.05, 4.69) is 15.9 Å². The molecule has 0 aliphatic rings. The summed E-state index contributed by atoms with van der Waals surface area (Å²) in [5, 5.41) is 9.09. The number of thiophene rings is 1. The Labute approximate surface area is 96.1 Å². The van der Waals surface area contributed by atoms with Crippen LogP contribution in [0.25, 0.3) is 0 Å². The van der Waals surface area contributed by atoms with Gasteiger partial charge < -0.3 is 5.11 Å². The van der Waals surface area contributed by atoms with Gasteiger partial charge in [0.05, 0.1) is 5.92 Å². The molecule has 2 nitrogen and oxygen atoms in total. The molecule has 0 fully saturated rings. The first-order valence-electron chi connectivity index (χ1n) is 4.42. The summed E-state index contributed by atoms with van der Waals surface area (Å²) in [6, 6.07) is 1.92. The molecule has 0 aliphatic heterocycles. The maximum atomic E-state index is 11.1. The molecule has 0 saturated carbocycles. The smallest absolute Gasteiger partial charge is 0.312 e. The van der Waals surface area contributed by atoms with Crippen LogP contribution in [0.15, 0.2) is 10.5 Å². The number of rotatable bonds is 3. The fourth-order valence-corrected chi connectivity index (χ4v) is 3.20. The van der Waals surface area contributed by atoms with Crippen LogP contribution in [0.4, 0.5) is 0 Å². The van der Waals surface area contributed by atoms with E-state index in [0.717, 1.165) is 14.2 Å². The van der Waals surface area contributed by atoms with Gasteiger partial charge in [0, 0.05) is 14.2 Å². The van der Waals surface area contributed by atoms with Crippen LogP contribution in [0.5, 0.6) is 0 Å². The van der Waals surface area contributed by atoms with Crippen LogP contribution in [-0.4, -0.2) is 11.1 Å². The molecule has 1 atom stereocenters. The number of carboxylic acids is 1. The third kappa shape index (κ3) is 2.36. The average Bonchev–Trinajstić information content (AvgIpc) is 2.29. The topological polar surface area (TPSA) is 37.3 Å². The Morgan fingerprint density at radius 3 is 2.43 bits per heavy atom. The van der Waals surface area contributed by atoms with Gasteiger partial charge in [-0.2, -0.15) is 0 Å². The highest BCUT2D eigenvalue weighted by Crippen LogP contribution is 2.35. The van der Waals surface area contributed by atoms with Gasteiger partial charge in [-0.1, -0.05) is 13.8 Å². The minimum absolute atomic E-state index is 0.123. The van der Waals surface area contributed by atoms with Crippen molar-refractivity contribution in [3.05, 3.63) is 20.3 Å². The van der Waals surface area contributed by atoms with Gasteiger partial charge in [-0.05, 0) is 34.8 Å². The van der Waals surface area contributed by atoms with Gasteiger partial charge >= 0.3 is 5.97 Å². The summed E-state index contributed by atoms with van der Waals surface area (Å²) in [4.78, 5) is 13.1. The van der Waals surface area contributed by atoms with E-state index in [0.29, 0.717) is 0 Å². The lowest BCUT2D eigenvalue weighted by atomic mass is 9.94. The molecule has 1 N–H and O–H groups in total. The predicted octanol–water partition coefficient (Wildman–Crippen LogP) is 3.64. The Morgan fingerprint density at radius 2 is 2.14 bits per heavy atom. The van der Waals surface area contributed by atoms with Crippen molar-refractivity contribution < 1.29 is 9.90 Å². The van der Waals surface area contributed by atoms with E-state index in [-0.39, 0.29) is 11.8 Å². The van der Waals surface area contributed by atoms with Gasteiger partial charge in [-0.15, -0.1) is 11.3 Å². The molecule has 4 heteroatoms. The fraction of sp³-hybridized carbons (Fsp3) is 0.500. The molecule has 1 aromatic heterocycles. The van der Waals surface area contributed by atoms with Crippen molar-refractivity contribution in [2.45, 2.75) is 26.7 Å². The molecule has 0 aromatic carbocycles. The van der Waals surface area contributed by atoms with Gasteiger partial charge in [0.2, 0.25) is 0 Å². The van der Waals surface area contributed by atoms with E-state index in [1.165, 1.54) is 0 Å². The Balaban J connectivity index is 3.05. The molecular formula is C10H13BrO2S. The minimum atomic E-state index is -0.742. The molecule has 0 spiro atoms. The highest BCUT2D eigenvalue weighted by Gasteiger charge is 2.25. The third-order valence-electron chi connectivity index (χ3n) is 2.12. The monoisotopic (exact) mass is 276 g/mol. The van der Waals surface area contributed by atoms with Crippen LogP contribution in [0.2, 0.25) is 0 Å². The molecule has 14 heavy (non-hydrogen) atoms. The summed E-state index contributed by atoms with van der Waals surface area (Å²) in [7, 11) is 0. The maximum Gasteiger partial charge on any atom is 0.312 e. The highest BCUT2D eigenvalue weighted by molar-refractivity contribution is 9.10. The standard InChI is InChI=1S/C10H13BrO2S/c1-5(2)9(10(12)13)8-4-7(11)6(3)14-8/h4-5,9H,1-3H3,(H,12,13). The van der Waals surface area contributed by atoms with Gasteiger partial charge in [0.25, 0.3) is 0 Å². The summed E-state index contributed by atoms with van der Waals surface area (Å²) in [6.45, 7) is 5.85. The van der Waals surface area contributed by atoms with E-state index in [9.17, 15) is 4.79 Å². The zero-order chi connectivity index (χ0) is 10.9. The van der Waals surface area contributed by atoms with Crippen LogP contribution < -0.4 is 0 Å². The number of aryl methyl sites for hydroxylation is 1. The van der Waals surface area contributed by atoms with Crippen LogP contribution in [0, 0.1) is 12.8 Å². The summed E-state index contributed by atoms with van der Waals surface area (Å²) >= 11 is 4.95. The molecule has 1 aromatic rings. The lowest BCUT2D eigenvalue weighted by molar-refractivity contribution is -0.139. The number of aliphatic carboxylic acids is 1. The quantitative estimate of drug-likeness (QED) is 0.915. The maximum absolute atomic E-state index is 11.1. The molecule has 0 amide bonds. The second kappa shape index (κ2) is 4.45. The number of hydrogen-bond acceptors (Lipinski definition) is 2. The van der Waals surface area contributed by atoms with Crippen LogP contribution in [0.3, 0.4) is 0 Å². The van der Waals surface area contributed by atoms with Crippen LogP contribution in [0.1, 0.15) is 29.5 Å². The largest absolute Gasteiger partial charge is 0.481 e. The van der Waals surface area contributed by atoms with Crippen LogP contribution in [-0.2, 0) is 4.79 Å². The van der Waals surface area contributed by atoms with Crippen molar-refractivity contribution in [3.8, 4) is 0 Å². The van der Waals surface area contributed by atoms with E-state index in [1.54, 1.807) is 11.3 Å². The van der Waals surface area contributed by atoms with E-state index in [1.807, 2.05) is 26.8 Å². The van der Waals surface area contributed by atoms with E-state index >= 15 is 0 Å². The molecule has 1 heterocycles. The van der Waals surface area contributed by atoms with E-state index < -0.39 is 5.97 Å². The third-order valence-corrected chi connectivity index (χ3v) is 4.34. The first-order chi connectivity index (χ1) is 6.43. The summed E-state index contributed by atoms with van der Waals surface area (Å²) in [5.74, 6) is -1.00. The normalized spacial score (nSPS) is 13.2. The molecule has 0 aliphatic carbocycles. The van der Waals surface area contributed by atoms with E-state index in [4.69, 9.17) is 5.11 Å². The summed E-state index contributed by atoms with van der Waals surface area (Å²) in [6.07, 6.45) is 0. The first-order valence-corrected chi connectivity index (χ1v) is 6.03. The zero-order valence-electron chi connectivity index (χ0n) is 8.37. The number of halogens is 1. The SMILES string of the molecule is Cc1sc(C(C(=O)O)C(C)C)cc1Br. The number of carboxylic acid groups (broad SMARTS) is 1.